The summed E-state index contributed by atoms with van der Waals surface area (Å²) in [6, 6.07) is 12.2. The summed E-state index contributed by atoms with van der Waals surface area (Å²) >= 11 is 0. The predicted octanol–water partition coefficient (Wildman–Crippen LogP) is 3.86. The van der Waals surface area contributed by atoms with Gasteiger partial charge in [0.2, 0.25) is 0 Å². The van der Waals surface area contributed by atoms with Gasteiger partial charge in [-0.2, -0.15) is 5.10 Å². The number of nitrogens with zero attached hydrogens (tertiary/aromatic N) is 2. The van der Waals surface area contributed by atoms with Crippen molar-refractivity contribution in [1.29, 1.82) is 0 Å². The Morgan fingerprint density at radius 2 is 1.83 bits per heavy atom. The highest BCUT2D eigenvalue weighted by Crippen LogP contribution is 2.29. The molecule has 2 aromatic carbocycles. The lowest BCUT2D eigenvalue weighted by molar-refractivity contribution is 0.102. The highest BCUT2D eigenvalue weighted by Gasteiger charge is 2.18. The van der Waals surface area contributed by atoms with Gasteiger partial charge in [0.15, 0.2) is 5.69 Å². The van der Waals surface area contributed by atoms with Crippen LogP contribution in [0, 0.1) is 0 Å². The van der Waals surface area contributed by atoms with E-state index in [0.29, 0.717) is 34.5 Å². The summed E-state index contributed by atoms with van der Waals surface area (Å²) in [5.41, 5.74) is 0.512. The molecule has 1 aromatic heterocycles. The average molecular weight is 395 g/mol. The van der Waals surface area contributed by atoms with E-state index in [1.165, 1.54) is 11.8 Å². The first-order valence-electron chi connectivity index (χ1n) is 9.62. The number of aryl methyl sites for hydroxylation is 1. The molecule has 0 atom stereocenters. The van der Waals surface area contributed by atoms with Crippen molar-refractivity contribution < 1.29 is 14.3 Å². The molecule has 1 amide bonds. The Morgan fingerprint density at radius 3 is 2.52 bits per heavy atom. The minimum atomic E-state index is -0.408. The molecule has 0 fully saturated rings. The molecule has 7 nitrogen and oxygen atoms in total. The fourth-order valence-electron chi connectivity index (χ4n) is 3.15. The smallest absolute Gasteiger partial charge is 0.276 e. The van der Waals surface area contributed by atoms with Crippen LogP contribution in [-0.2, 0) is 6.54 Å². The van der Waals surface area contributed by atoms with E-state index in [-0.39, 0.29) is 11.3 Å². The third-order valence-corrected chi connectivity index (χ3v) is 4.71. The summed E-state index contributed by atoms with van der Waals surface area (Å²) < 4.78 is 11.9. The second kappa shape index (κ2) is 9.23. The Labute approximate surface area is 169 Å². The van der Waals surface area contributed by atoms with Gasteiger partial charge < -0.3 is 14.8 Å². The van der Waals surface area contributed by atoms with Crippen LogP contribution in [-0.4, -0.2) is 29.9 Å². The highest BCUT2D eigenvalue weighted by atomic mass is 16.5. The normalized spacial score (nSPS) is 10.7. The number of carbonyl (C=O) groups is 1. The zero-order valence-electron chi connectivity index (χ0n) is 16.9. The van der Waals surface area contributed by atoms with E-state index in [2.05, 4.69) is 17.3 Å². The van der Waals surface area contributed by atoms with Crippen molar-refractivity contribution in [1.82, 2.24) is 9.78 Å². The van der Waals surface area contributed by atoms with Gasteiger partial charge in [-0.25, -0.2) is 4.68 Å². The summed E-state index contributed by atoms with van der Waals surface area (Å²) in [4.78, 5) is 25.8. The Hall–Kier alpha value is -3.35. The number of ether oxygens (including phenoxy) is 2. The Bertz CT molecular complexity index is 1080. The molecule has 3 rings (SSSR count). The lowest BCUT2D eigenvalue weighted by Gasteiger charge is -2.13. The number of unbranched alkanes of at least 4 members (excludes halogenated alkanes) is 2. The summed E-state index contributed by atoms with van der Waals surface area (Å²) in [6.07, 6.45) is 2.85. The second-order valence-electron chi connectivity index (χ2n) is 6.65. The molecule has 0 aliphatic heterocycles. The maximum atomic E-state index is 13.1. The molecule has 0 saturated carbocycles. The lowest BCUT2D eigenvalue weighted by atomic mass is 10.1. The van der Waals surface area contributed by atoms with Gasteiger partial charge in [-0.15, -0.1) is 0 Å². The molecule has 1 N–H and O–H groups in total. The van der Waals surface area contributed by atoms with Crippen molar-refractivity contribution in [2.75, 3.05) is 19.5 Å². The molecule has 0 saturated heterocycles. The number of methoxy groups -OCH3 is 2. The minimum absolute atomic E-state index is 0.185. The van der Waals surface area contributed by atoms with Crippen molar-refractivity contribution in [2.24, 2.45) is 0 Å². The van der Waals surface area contributed by atoms with Gasteiger partial charge >= 0.3 is 0 Å². The van der Waals surface area contributed by atoms with Crippen molar-refractivity contribution >= 4 is 22.4 Å². The molecule has 152 valence electrons. The standard InChI is InChI=1S/C22H25N3O4/c1-4-5-8-13-25-22(27)17-10-7-6-9-16(17)20(24-25)21(26)23-18-12-11-15(28-2)14-19(18)29-3/h6-7,9-12,14H,4-5,8,13H2,1-3H3,(H,23,26). The van der Waals surface area contributed by atoms with E-state index in [4.69, 9.17) is 9.47 Å². The summed E-state index contributed by atoms with van der Waals surface area (Å²) in [6.45, 7) is 2.57. The number of nitrogens with one attached hydrogen (secondary N) is 1. The van der Waals surface area contributed by atoms with Gasteiger partial charge in [0.25, 0.3) is 11.5 Å². The van der Waals surface area contributed by atoms with Crippen LogP contribution in [0.25, 0.3) is 10.8 Å². The number of hydrogen-bond donors (Lipinski definition) is 1. The van der Waals surface area contributed by atoms with Crippen molar-refractivity contribution in [3.8, 4) is 11.5 Å². The number of rotatable bonds is 8. The van der Waals surface area contributed by atoms with Crippen LogP contribution in [0.4, 0.5) is 5.69 Å². The van der Waals surface area contributed by atoms with Crippen LogP contribution in [0.2, 0.25) is 0 Å². The van der Waals surface area contributed by atoms with Crippen molar-refractivity contribution in [3.63, 3.8) is 0 Å². The summed E-state index contributed by atoms with van der Waals surface area (Å²) in [5.74, 6) is 0.681. The minimum Gasteiger partial charge on any atom is -0.497 e. The van der Waals surface area contributed by atoms with Gasteiger partial charge in [0.05, 0.1) is 25.3 Å². The van der Waals surface area contributed by atoms with E-state index in [9.17, 15) is 9.59 Å². The first-order chi connectivity index (χ1) is 14.1. The van der Waals surface area contributed by atoms with Crippen LogP contribution < -0.4 is 20.3 Å². The number of anilines is 1. The molecule has 1 heterocycles. The van der Waals surface area contributed by atoms with Crippen molar-refractivity contribution in [3.05, 3.63) is 58.5 Å². The maximum Gasteiger partial charge on any atom is 0.276 e. The topological polar surface area (TPSA) is 82.5 Å². The molecule has 29 heavy (non-hydrogen) atoms. The van der Waals surface area contributed by atoms with E-state index in [0.717, 1.165) is 19.3 Å². The van der Waals surface area contributed by atoms with Gasteiger partial charge in [0.1, 0.15) is 11.5 Å². The van der Waals surface area contributed by atoms with Gasteiger partial charge in [-0.05, 0) is 24.6 Å². The van der Waals surface area contributed by atoms with Crippen molar-refractivity contribution in [2.45, 2.75) is 32.7 Å². The molecular formula is C22H25N3O4. The third kappa shape index (κ3) is 4.39. The van der Waals surface area contributed by atoms with E-state index in [1.807, 2.05) is 0 Å². The monoisotopic (exact) mass is 395 g/mol. The summed E-state index contributed by atoms with van der Waals surface area (Å²) in [7, 11) is 3.08. The molecule has 0 aliphatic rings. The number of aromatic nitrogens is 2. The number of fused-ring (bicyclic) bond motifs is 1. The Morgan fingerprint density at radius 1 is 1.07 bits per heavy atom. The fourth-order valence-corrected chi connectivity index (χ4v) is 3.15. The SMILES string of the molecule is CCCCCn1nc(C(=O)Nc2ccc(OC)cc2OC)c2ccccc2c1=O. The average Bonchev–Trinajstić information content (AvgIpc) is 2.75. The number of amides is 1. The molecular weight excluding hydrogens is 370 g/mol. The van der Waals surface area contributed by atoms with Gasteiger partial charge in [-0.3, -0.25) is 9.59 Å². The highest BCUT2D eigenvalue weighted by molar-refractivity contribution is 6.11. The predicted molar refractivity (Wildman–Crippen MR) is 113 cm³/mol. The molecule has 0 unspecified atom stereocenters. The first-order valence-corrected chi connectivity index (χ1v) is 9.62. The Kier molecular flexibility index (Phi) is 6.49. The lowest BCUT2D eigenvalue weighted by Crippen LogP contribution is -2.27. The van der Waals surface area contributed by atoms with Crippen LogP contribution in [0.3, 0.4) is 0 Å². The second-order valence-corrected chi connectivity index (χ2v) is 6.65. The van der Waals surface area contributed by atoms with Crippen LogP contribution in [0.5, 0.6) is 11.5 Å². The quantitative estimate of drug-likeness (QED) is 0.586. The van der Waals surface area contributed by atoms with Crippen LogP contribution in [0.15, 0.2) is 47.3 Å². The van der Waals surface area contributed by atoms with Crippen LogP contribution >= 0.6 is 0 Å². The third-order valence-electron chi connectivity index (χ3n) is 4.71. The molecule has 0 spiro atoms. The van der Waals surface area contributed by atoms with Gasteiger partial charge in [0, 0.05) is 18.0 Å². The zero-order chi connectivity index (χ0) is 20.8. The number of hydrogen-bond acceptors (Lipinski definition) is 5. The van der Waals surface area contributed by atoms with E-state index < -0.39 is 5.91 Å². The largest absolute Gasteiger partial charge is 0.497 e. The number of carbonyl (C=O) groups excluding carboxylic acids is 1. The fraction of sp³-hybridized carbons (Fsp3) is 0.318. The van der Waals surface area contributed by atoms with E-state index in [1.54, 1.807) is 49.6 Å². The maximum absolute atomic E-state index is 13.1. The molecule has 0 bridgehead atoms. The Balaban J connectivity index is 2.01. The number of benzene rings is 2. The molecule has 0 radical (unpaired) electrons. The molecule has 3 aromatic rings. The van der Waals surface area contributed by atoms with E-state index >= 15 is 0 Å². The molecule has 7 heteroatoms. The van der Waals surface area contributed by atoms with Gasteiger partial charge in [-0.1, -0.05) is 38.0 Å². The molecule has 0 aliphatic carbocycles. The first kappa shape index (κ1) is 20.4. The summed E-state index contributed by atoms with van der Waals surface area (Å²) in [5, 5.41) is 8.22. The zero-order valence-corrected chi connectivity index (χ0v) is 16.9. The van der Waals surface area contributed by atoms with Crippen LogP contribution in [0.1, 0.15) is 36.7 Å².